The van der Waals surface area contributed by atoms with Crippen LogP contribution in [0.2, 0.25) is 5.88 Å². The molecule has 0 spiro atoms. The maximum atomic E-state index is 13.5. The minimum Gasteiger partial charge on any atom is -0.365 e. The highest BCUT2D eigenvalue weighted by Crippen LogP contribution is 2.28. The summed E-state index contributed by atoms with van der Waals surface area (Å²) in [5.41, 5.74) is 0.595. The third kappa shape index (κ3) is 3.92. The molecule has 1 aliphatic heterocycles. The number of thiazole rings is 1. The highest BCUT2D eigenvalue weighted by molar-refractivity contribution is 7.21. The molecule has 26 heavy (non-hydrogen) atoms. The predicted molar refractivity (Wildman–Crippen MR) is 98.5 cm³/mol. The minimum atomic E-state index is -1.29. The molecule has 136 valence electrons. The summed E-state index contributed by atoms with van der Waals surface area (Å²) in [7, 11) is 0. The molecule has 4 rings (SSSR count). The normalized spacial score (nSPS) is 20.3. The summed E-state index contributed by atoms with van der Waals surface area (Å²) in [6.45, 7) is -0.318. The fourth-order valence-electron chi connectivity index (χ4n) is 2.83. The molecule has 1 fully saturated rings. The minimum absolute atomic E-state index is 0.205. The molecule has 1 N–H and O–H groups in total. The Morgan fingerprint density at radius 1 is 1.31 bits per heavy atom. The van der Waals surface area contributed by atoms with E-state index >= 15 is 0 Å². The van der Waals surface area contributed by atoms with Gasteiger partial charge in [0.1, 0.15) is 28.3 Å². The second-order valence-corrected chi connectivity index (χ2v) is 7.42. The first-order valence-corrected chi connectivity index (χ1v) is 9.15. The molecule has 0 aliphatic carbocycles. The van der Waals surface area contributed by atoms with Crippen LogP contribution in [-0.2, 0) is 6.52 Å². The van der Waals surface area contributed by atoms with E-state index in [1.165, 1.54) is 17.7 Å². The van der Waals surface area contributed by atoms with Crippen molar-refractivity contribution in [2.45, 2.75) is 25.4 Å². The Morgan fingerprint density at radius 3 is 2.77 bits per heavy atom. The molecule has 1 aliphatic rings. The van der Waals surface area contributed by atoms with E-state index in [1.54, 1.807) is 4.90 Å². The van der Waals surface area contributed by atoms with Crippen LogP contribution in [0.4, 0.5) is 14.6 Å². The van der Waals surface area contributed by atoms with Gasteiger partial charge in [-0.3, -0.25) is 4.90 Å². The van der Waals surface area contributed by atoms with Crippen LogP contribution in [0.15, 0.2) is 24.5 Å². The first kappa shape index (κ1) is 14.2. The molecule has 0 amide bonds. The Morgan fingerprint density at radius 2 is 2.04 bits per heavy atom. The van der Waals surface area contributed by atoms with Crippen molar-refractivity contribution in [3.8, 4) is 0 Å². The van der Waals surface area contributed by atoms with Crippen molar-refractivity contribution in [3.63, 3.8) is 0 Å². The second-order valence-electron chi connectivity index (χ2n) is 5.86. The molecular weight excluding hydrogens is 380 g/mol. The lowest BCUT2D eigenvalue weighted by atomic mass is 10.0. The molecule has 0 bridgehead atoms. The fourth-order valence-corrected chi connectivity index (χ4v) is 3.77. The largest absolute Gasteiger partial charge is 0.365 e. The summed E-state index contributed by atoms with van der Waals surface area (Å²) >= 11 is 7.12. The Hall–Kier alpha value is -1.90. The van der Waals surface area contributed by atoms with Gasteiger partial charge in [-0.25, -0.2) is 23.7 Å². The summed E-state index contributed by atoms with van der Waals surface area (Å²) in [6.07, 6.45) is 1.80. The van der Waals surface area contributed by atoms with Gasteiger partial charge in [0.25, 0.3) is 0 Å². The number of rotatable bonds is 4. The summed E-state index contributed by atoms with van der Waals surface area (Å²) < 4.78 is 52.8. The Bertz CT molecular complexity index is 1030. The molecule has 1 unspecified atom stereocenters. The van der Waals surface area contributed by atoms with Crippen molar-refractivity contribution in [3.05, 3.63) is 46.2 Å². The van der Waals surface area contributed by atoms with Crippen LogP contribution in [0, 0.1) is 11.6 Å². The Labute approximate surface area is 162 Å². The summed E-state index contributed by atoms with van der Waals surface area (Å²) in [5.74, 6) is -1.25. The number of piperidine rings is 1. The molecule has 5 nitrogen and oxygen atoms in total. The van der Waals surface area contributed by atoms with Gasteiger partial charge < -0.3 is 5.31 Å². The lowest BCUT2D eigenvalue weighted by Gasteiger charge is -2.32. The topological polar surface area (TPSA) is 53.9 Å². The maximum absolute atomic E-state index is 13.5. The lowest BCUT2D eigenvalue weighted by Crippen LogP contribution is -2.38. The van der Waals surface area contributed by atoms with E-state index in [2.05, 4.69) is 15.0 Å². The number of likely N-dealkylation sites (tertiary alicyclic amines) is 1. The molecule has 1 saturated heterocycles. The first-order chi connectivity index (χ1) is 13.8. The molecule has 9 heteroatoms. The molecule has 3 aromatic rings. The molecule has 1 atom stereocenters. The predicted octanol–water partition coefficient (Wildman–Crippen LogP) is 4.09. The van der Waals surface area contributed by atoms with Gasteiger partial charge in [0, 0.05) is 33.1 Å². The van der Waals surface area contributed by atoms with E-state index in [9.17, 15) is 8.78 Å². The van der Waals surface area contributed by atoms with Crippen molar-refractivity contribution in [2.24, 2.45) is 0 Å². The number of benzene rings is 1. The quantitative estimate of drug-likeness (QED) is 0.717. The van der Waals surface area contributed by atoms with E-state index < -0.39 is 24.2 Å². The van der Waals surface area contributed by atoms with Crippen molar-refractivity contribution in [1.29, 1.82) is 0 Å². The second kappa shape index (κ2) is 7.38. The number of hydrogen-bond donors (Lipinski definition) is 1. The van der Waals surface area contributed by atoms with E-state index in [-0.39, 0.29) is 28.7 Å². The molecule has 1 aromatic carbocycles. The van der Waals surface area contributed by atoms with Crippen LogP contribution in [0.3, 0.4) is 0 Å². The highest BCUT2D eigenvalue weighted by atomic mass is 35.5. The third-order valence-corrected chi connectivity index (χ3v) is 5.07. The Kier molecular flexibility index (Phi) is 4.03. The van der Waals surface area contributed by atoms with E-state index in [0.29, 0.717) is 23.4 Å². The van der Waals surface area contributed by atoms with Crippen molar-refractivity contribution >= 4 is 39.1 Å². The van der Waals surface area contributed by atoms with Crippen LogP contribution in [0.1, 0.15) is 21.1 Å². The average Bonchev–Trinajstić information content (AvgIpc) is 3.07. The van der Waals surface area contributed by atoms with Crippen LogP contribution in [0.5, 0.6) is 0 Å². The van der Waals surface area contributed by atoms with Gasteiger partial charge in [-0.05, 0) is 30.5 Å². The molecule has 0 radical (unpaired) electrons. The van der Waals surface area contributed by atoms with E-state index in [1.807, 2.05) is 0 Å². The number of nitrogens with one attached hydrogen (secondary N) is 1. The fraction of sp³-hybridized carbons (Fsp3) is 0.353. The number of hydrogen-bond acceptors (Lipinski definition) is 6. The van der Waals surface area contributed by atoms with E-state index in [0.717, 1.165) is 23.5 Å². The van der Waals surface area contributed by atoms with Crippen LogP contribution >= 0.6 is 22.9 Å². The average molecular weight is 399 g/mol. The highest BCUT2D eigenvalue weighted by Gasteiger charge is 2.21. The van der Waals surface area contributed by atoms with Gasteiger partial charge >= 0.3 is 0 Å². The van der Waals surface area contributed by atoms with Gasteiger partial charge in [0.15, 0.2) is 11.7 Å². The van der Waals surface area contributed by atoms with Gasteiger partial charge in [0.2, 0.25) is 0 Å². The van der Waals surface area contributed by atoms with Crippen LogP contribution < -0.4 is 5.31 Å². The van der Waals surface area contributed by atoms with Gasteiger partial charge in [-0.15, -0.1) is 0 Å². The van der Waals surface area contributed by atoms with Crippen LogP contribution in [-0.4, -0.2) is 39.0 Å². The van der Waals surface area contributed by atoms with E-state index in [4.69, 9.17) is 15.8 Å². The zero-order valence-corrected chi connectivity index (χ0v) is 15.1. The van der Waals surface area contributed by atoms with Crippen LogP contribution in [0.25, 0.3) is 10.3 Å². The summed E-state index contributed by atoms with van der Waals surface area (Å²) in [6, 6.07) is 1.76. The van der Waals surface area contributed by atoms with Gasteiger partial charge in [-0.2, -0.15) is 0 Å². The number of halogens is 3. The number of fused-ring (bicyclic) bond motifs is 1. The number of anilines is 1. The van der Waals surface area contributed by atoms with Gasteiger partial charge in [0.05, 0.1) is 1.37 Å². The smallest absolute Gasteiger partial charge is 0.186 e. The molecular formula is C17H16ClF2N5S. The van der Waals surface area contributed by atoms with Gasteiger partial charge in [-0.1, -0.05) is 22.9 Å². The first-order valence-electron chi connectivity index (χ1n) is 9.48. The molecule has 3 heterocycles. The number of aromatic nitrogens is 3. The van der Waals surface area contributed by atoms with Crippen molar-refractivity contribution in [2.75, 3.05) is 18.4 Å². The zero-order valence-electron chi connectivity index (χ0n) is 16.5. The summed E-state index contributed by atoms with van der Waals surface area (Å²) in [5, 5.41) is 1.02. The zero-order chi connectivity index (χ0) is 20.8. The molecule has 0 saturated carbocycles. The van der Waals surface area contributed by atoms with Crippen molar-refractivity contribution in [1.82, 2.24) is 19.9 Å². The number of nitrogens with zero attached hydrogens (tertiary/aromatic N) is 4. The Balaban J connectivity index is 1.51. The monoisotopic (exact) mass is 398 g/mol. The third-order valence-electron chi connectivity index (χ3n) is 4.01. The standard InChI is InChI=1S/C17H16ClF2N5S/c18-17-24-14-15(21-9-22-16(14)26-17)23-13-1-3-25(4-2-13)8-10-5-11(19)7-12(20)6-10/h5-7,9,13H,1-4,8H2,(H,21,22,23)/i8D,13D/hD. The van der Waals surface area contributed by atoms with Crippen molar-refractivity contribution < 1.29 is 12.9 Å². The SMILES string of the molecule is [2H]C(c1cc(F)cc(F)c1)N1CCC([2H])(N([2H])c2ncnc3sc(Cl)nc23)CC1. The lowest BCUT2D eigenvalue weighted by molar-refractivity contribution is 0.211. The maximum Gasteiger partial charge on any atom is 0.186 e. The summed E-state index contributed by atoms with van der Waals surface area (Å²) in [4.78, 5) is 14.6. The molecule has 2 aromatic heterocycles.